The molecule has 0 amide bonds. The lowest BCUT2D eigenvalue weighted by molar-refractivity contribution is -0.387. The number of hydrogen-bond acceptors (Lipinski definition) is 5. The molecule has 0 bridgehead atoms. The predicted molar refractivity (Wildman–Crippen MR) is 80.0 cm³/mol. The van der Waals surface area contributed by atoms with Crippen LogP contribution in [0.4, 0.5) is 5.69 Å². The zero-order valence-electron chi connectivity index (χ0n) is 10.4. The van der Waals surface area contributed by atoms with Crippen molar-refractivity contribution in [1.82, 2.24) is 0 Å². The highest BCUT2D eigenvalue weighted by Gasteiger charge is 2.26. The Bertz CT molecular complexity index is 794. The maximum Gasteiger partial charge on any atom is 0.303 e. The van der Waals surface area contributed by atoms with Gasteiger partial charge in [0.2, 0.25) is 10.0 Å². The summed E-state index contributed by atoms with van der Waals surface area (Å²) in [4.78, 5) is 11.0. The topological polar surface area (TPSA) is 103 Å². The van der Waals surface area contributed by atoms with Crippen molar-refractivity contribution < 1.29 is 13.3 Å². The normalized spacial score (nSPS) is 11.3. The summed E-state index contributed by atoms with van der Waals surface area (Å²) in [5.41, 5.74) is -0.475. The Hall–Kier alpha value is -1.61. The van der Waals surface area contributed by atoms with Crippen molar-refractivity contribution in [3.8, 4) is 0 Å². The number of rotatable bonds is 4. The summed E-state index contributed by atoms with van der Waals surface area (Å²) < 4.78 is 22.7. The molecule has 9 heteroatoms. The van der Waals surface area contributed by atoms with Crippen LogP contribution in [0.15, 0.2) is 57.2 Å². The van der Waals surface area contributed by atoms with Crippen molar-refractivity contribution in [2.24, 2.45) is 5.14 Å². The molecule has 0 saturated heterocycles. The first kappa shape index (κ1) is 15.8. The quantitative estimate of drug-likeness (QED) is 0.678. The third-order valence-corrected chi connectivity index (χ3v) is 5.01. The molecule has 6 nitrogen and oxygen atoms in total. The maximum absolute atomic E-state index is 11.4. The van der Waals surface area contributed by atoms with E-state index in [9.17, 15) is 18.5 Å². The number of sulfonamides is 1. The Labute approximate surface area is 130 Å². The Kier molecular flexibility index (Phi) is 4.52. The van der Waals surface area contributed by atoms with Crippen molar-refractivity contribution in [3.05, 3.63) is 57.6 Å². The molecular formula is C12H9ClN2O4S2. The Morgan fingerprint density at radius 3 is 2.29 bits per heavy atom. The largest absolute Gasteiger partial charge is 0.303 e. The van der Waals surface area contributed by atoms with E-state index in [1.165, 1.54) is 6.07 Å². The predicted octanol–water partition coefficient (Wildman–Crippen LogP) is 3.05. The zero-order chi connectivity index (χ0) is 15.6. The average molecular weight is 345 g/mol. The highest BCUT2D eigenvalue weighted by molar-refractivity contribution is 7.99. The first-order valence-electron chi connectivity index (χ1n) is 5.53. The molecule has 0 aliphatic rings. The van der Waals surface area contributed by atoms with Crippen molar-refractivity contribution >= 4 is 39.1 Å². The van der Waals surface area contributed by atoms with Gasteiger partial charge < -0.3 is 0 Å². The van der Waals surface area contributed by atoms with E-state index in [0.29, 0.717) is 0 Å². The number of halogens is 1. The van der Waals surface area contributed by atoms with Crippen molar-refractivity contribution in [1.29, 1.82) is 0 Å². The van der Waals surface area contributed by atoms with Crippen LogP contribution in [0, 0.1) is 10.1 Å². The molecule has 2 aromatic carbocycles. The number of nitro groups is 1. The number of nitrogens with zero attached hydrogens (tertiary/aromatic N) is 1. The van der Waals surface area contributed by atoms with Crippen molar-refractivity contribution in [2.75, 3.05) is 0 Å². The minimum atomic E-state index is -4.12. The fourth-order valence-electron chi connectivity index (χ4n) is 1.62. The van der Waals surface area contributed by atoms with E-state index in [4.69, 9.17) is 16.7 Å². The fraction of sp³-hybridized carbons (Fsp3) is 0. The third-order valence-electron chi connectivity index (χ3n) is 2.50. The molecule has 0 heterocycles. The third kappa shape index (κ3) is 3.53. The molecule has 0 aromatic heterocycles. The van der Waals surface area contributed by atoms with Gasteiger partial charge >= 0.3 is 5.69 Å². The van der Waals surface area contributed by atoms with Crippen LogP contribution >= 0.6 is 23.4 Å². The minimum absolute atomic E-state index is 0.239. The van der Waals surface area contributed by atoms with E-state index >= 15 is 0 Å². The van der Waals surface area contributed by atoms with Gasteiger partial charge in [0.25, 0.3) is 0 Å². The van der Waals surface area contributed by atoms with Crippen LogP contribution in [0.3, 0.4) is 0 Å². The average Bonchev–Trinajstić information content (AvgIpc) is 2.38. The van der Waals surface area contributed by atoms with Crippen LogP contribution in [0.1, 0.15) is 0 Å². The molecule has 2 N–H and O–H groups in total. The van der Waals surface area contributed by atoms with Crippen LogP contribution in [-0.4, -0.2) is 13.3 Å². The Morgan fingerprint density at radius 2 is 1.76 bits per heavy atom. The van der Waals surface area contributed by atoms with E-state index < -0.39 is 30.6 Å². The molecule has 0 fully saturated rings. The van der Waals surface area contributed by atoms with Gasteiger partial charge in [-0.3, -0.25) is 10.1 Å². The molecule has 21 heavy (non-hydrogen) atoms. The molecule has 110 valence electrons. The molecule has 2 rings (SSSR count). The second-order valence-electron chi connectivity index (χ2n) is 3.94. The first-order chi connectivity index (χ1) is 9.80. The zero-order valence-corrected chi connectivity index (χ0v) is 12.8. The Morgan fingerprint density at radius 1 is 1.14 bits per heavy atom. The van der Waals surface area contributed by atoms with Gasteiger partial charge in [0.1, 0.15) is 9.92 Å². The van der Waals surface area contributed by atoms with Crippen LogP contribution in [0.2, 0.25) is 5.02 Å². The number of nitrogens with two attached hydrogens (primary N) is 1. The van der Waals surface area contributed by atoms with Crippen LogP contribution in [0.5, 0.6) is 0 Å². The number of benzene rings is 2. The van der Waals surface area contributed by atoms with E-state index in [1.54, 1.807) is 24.3 Å². The summed E-state index contributed by atoms with van der Waals surface area (Å²) >= 11 is 6.96. The summed E-state index contributed by atoms with van der Waals surface area (Å²) in [7, 11) is -4.12. The second-order valence-corrected chi connectivity index (χ2v) is 6.96. The van der Waals surface area contributed by atoms with Gasteiger partial charge in [0.15, 0.2) is 0 Å². The van der Waals surface area contributed by atoms with Crippen LogP contribution < -0.4 is 5.14 Å². The number of nitro benzene ring substituents is 1. The lowest BCUT2D eigenvalue weighted by Crippen LogP contribution is -2.13. The SMILES string of the molecule is NS(=O)(=O)c1ccc(Sc2ccccc2)c([N+](=O)[O-])c1Cl. The van der Waals surface area contributed by atoms with Gasteiger partial charge in [-0.15, -0.1) is 0 Å². The molecular weight excluding hydrogens is 336 g/mol. The highest BCUT2D eigenvalue weighted by Crippen LogP contribution is 2.41. The van der Waals surface area contributed by atoms with Gasteiger partial charge in [0.05, 0.1) is 9.82 Å². The van der Waals surface area contributed by atoms with E-state index in [0.717, 1.165) is 22.7 Å². The number of hydrogen-bond donors (Lipinski definition) is 1. The summed E-state index contributed by atoms with van der Waals surface area (Å²) in [6.07, 6.45) is 0. The number of primary sulfonamides is 1. The smallest absolute Gasteiger partial charge is 0.258 e. The molecule has 2 aromatic rings. The molecule has 0 aliphatic heterocycles. The summed E-state index contributed by atoms with van der Waals surface area (Å²) in [5.74, 6) is 0. The van der Waals surface area contributed by atoms with Crippen molar-refractivity contribution in [3.63, 3.8) is 0 Å². The second kappa shape index (κ2) is 6.02. The van der Waals surface area contributed by atoms with Crippen LogP contribution in [0.25, 0.3) is 0 Å². The highest BCUT2D eigenvalue weighted by atomic mass is 35.5. The van der Waals surface area contributed by atoms with Gasteiger partial charge in [-0.25, -0.2) is 13.6 Å². The summed E-state index contributed by atoms with van der Waals surface area (Å²) in [5, 5.41) is 15.7. The molecule has 0 aliphatic carbocycles. The first-order valence-corrected chi connectivity index (χ1v) is 8.27. The van der Waals surface area contributed by atoms with Gasteiger partial charge in [-0.05, 0) is 24.3 Å². The lowest BCUT2D eigenvalue weighted by Gasteiger charge is -2.07. The van der Waals surface area contributed by atoms with Gasteiger partial charge in [-0.1, -0.05) is 41.6 Å². The molecule has 0 saturated carbocycles. The van der Waals surface area contributed by atoms with E-state index in [1.807, 2.05) is 6.07 Å². The lowest BCUT2D eigenvalue weighted by atomic mass is 10.3. The van der Waals surface area contributed by atoms with E-state index in [-0.39, 0.29) is 4.90 Å². The van der Waals surface area contributed by atoms with E-state index in [2.05, 4.69) is 0 Å². The monoisotopic (exact) mass is 344 g/mol. The molecule has 0 atom stereocenters. The molecule has 0 radical (unpaired) electrons. The van der Waals surface area contributed by atoms with Gasteiger partial charge in [-0.2, -0.15) is 0 Å². The van der Waals surface area contributed by atoms with Crippen LogP contribution in [-0.2, 0) is 10.0 Å². The standard InChI is InChI=1S/C12H9ClN2O4S2/c13-11-10(21(14,18)19)7-6-9(12(11)15(16)17)20-8-4-2-1-3-5-8/h1-7H,(H2,14,18,19). The minimum Gasteiger partial charge on any atom is -0.258 e. The van der Waals surface area contributed by atoms with Gasteiger partial charge in [0, 0.05) is 4.90 Å². The fourth-order valence-corrected chi connectivity index (χ4v) is 3.79. The molecule has 0 spiro atoms. The summed E-state index contributed by atoms with van der Waals surface area (Å²) in [6.45, 7) is 0. The molecule has 0 unspecified atom stereocenters. The van der Waals surface area contributed by atoms with Crippen molar-refractivity contribution in [2.45, 2.75) is 14.7 Å². The Balaban J connectivity index is 2.58. The maximum atomic E-state index is 11.4. The summed E-state index contributed by atoms with van der Waals surface area (Å²) in [6, 6.07) is 11.4.